The highest BCUT2D eigenvalue weighted by Crippen LogP contribution is 2.38. The molecule has 0 bridgehead atoms. The molecule has 0 radical (unpaired) electrons. The van der Waals surface area contributed by atoms with Crippen molar-refractivity contribution < 1.29 is 0 Å². The summed E-state index contributed by atoms with van der Waals surface area (Å²) in [6.45, 7) is 20.4. The quantitative estimate of drug-likeness (QED) is 0.712. The molecule has 3 heteroatoms. The molecule has 0 fully saturated rings. The lowest BCUT2D eigenvalue weighted by Crippen LogP contribution is -2.36. The van der Waals surface area contributed by atoms with Gasteiger partial charge in [0.1, 0.15) is 5.69 Å². The molecule has 0 unspecified atom stereocenters. The van der Waals surface area contributed by atoms with Crippen molar-refractivity contribution >= 4 is 5.69 Å². The second kappa shape index (κ2) is 4.86. The average Bonchev–Trinajstić information content (AvgIpc) is 2.71. The van der Waals surface area contributed by atoms with E-state index < -0.39 is 0 Å². The van der Waals surface area contributed by atoms with Crippen LogP contribution in [0.25, 0.3) is 4.85 Å². The van der Waals surface area contributed by atoms with Crippen molar-refractivity contribution in [3.63, 3.8) is 0 Å². The normalized spacial score (nSPS) is 18.3. The molecule has 1 heterocycles. The van der Waals surface area contributed by atoms with E-state index in [1.165, 1.54) is 33.5 Å². The molecular weight excluding hydrogens is 246 g/mol. The van der Waals surface area contributed by atoms with E-state index in [1.807, 2.05) is 13.2 Å². The number of anilines is 1. The van der Waals surface area contributed by atoms with Crippen LogP contribution in [0.3, 0.4) is 0 Å². The molecule has 0 aliphatic carbocycles. The molecule has 1 aromatic rings. The third-order valence-electron chi connectivity index (χ3n) is 4.84. The predicted molar refractivity (Wildman–Crippen MR) is 84.5 cm³/mol. The van der Waals surface area contributed by atoms with Crippen LogP contribution in [0.1, 0.15) is 34.7 Å². The molecule has 106 valence electrons. The summed E-state index contributed by atoms with van der Waals surface area (Å²) in [6.07, 6.45) is 2.11. The van der Waals surface area contributed by atoms with E-state index in [0.29, 0.717) is 5.82 Å². The largest absolute Gasteiger partial charge is 0.363 e. The van der Waals surface area contributed by atoms with Gasteiger partial charge in [0.15, 0.2) is 6.17 Å². The number of nitrogens with zero attached hydrogens (tertiary/aromatic N) is 3. The fourth-order valence-electron chi connectivity index (χ4n) is 2.95. The minimum atomic E-state index is 0.179. The Morgan fingerprint density at radius 3 is 1.85 bits per heavy atom. The summed E-state index contributed by atoms with van der Waals surface area (Å²) in [5.74, 6) is 0.703. The maximum Gasteiger partial charge on any atom is 0.247 e. The molecule has 1 aliphatic heterocycles. The minimum Gasteiger partial charge on any atom is -0.363 e. The van der Waals surface area contributed by atoms with Crippen molar-refractivity contribution in [3.8, 4) is 0 Å². The van der Waals surface area contributed by atoms with E-state index in [9.17, 15) is 0 Å². The molecule has 2 rings (SSSR count). The first-order chi connectivity index (χ1) is 9.31. The first kappa shape index (κ1) is 14.5. The highest BCUT2D eigenvalue weighted by atomic mass is 15.4. The topological polar surface area (TPSA) is 10.8 Å². The van der Waals surface area contributed by atoms with Gasteiger partial charge in [0.2, 0.25) is 5.82 Å². The van der Waals surface area contributed by atoms with Gasteiger partial charge in [-0.15, -0.1) is 0 Å². The summed E-state index contributed by atoms with van der Waals surface area (Å²) in [5.41, 5.74) is 7.77. The van der Waals surface area contributed by atoms with Crippen LogP contribution in [0.15, 0.2) is 12.0 Å². The predicted octanol–water partition coefficient (Wildman–Crippen LogP) is 4.04. The number of benzene rings is 1. The molecule has 1 aromatic carbocycles. The standard InChI is InChI=1S/C17H23N3/c1-10-11(2)13(4)17(14(5)12(10)3)20-15(6)19(8)9-16(20)18-7/h9,15H,1-6,8H3/t15-/m0/s1. The molecule has 0 amide bonds. The summed E-state index contributed by atoms with van der Waals surface area (Å²) in [6, 6.07) is 0. The van der Waals surface area contributed by atoms with E-state index >= 15 is 0 Å². The third-order valence-corrected chi connectivity index (χ3v) is 4.84. The lowest BCUT2D eigenvalue weighted by atomic mass is 9.92. The van der Waals surface area contributed by atoms with Crippen LogP contribution in [0.2, 0.25) is 0 Å². The van der Waals surface area contributed by atoms with Gasteiger partial charge < -0.3 is 9.74 Å². The van der Waals surface area contributed by atoms with Gasteiger partial charge in [-0.25, -0.2) is 0 Å². The van der Waals surface area contributed by atoms with Gasteiger partial charge >= 0.3 is 0 Å². The fourth-order valence-corrected chi connectivity index (χ4v) is 2.95. The highest BCUT2D eigenvalue weighted by molar-refractivity contribution is 5.70. The Morgan fingerprint density at radius 1 is 0.950 bits per heavy atom. The first-order valence-corrected chi connectivity index (χ1v) is 6.98. The summed E-state index contributed by atoms with van der Waals surface area (Å²) in [5, 5.41) is 0. The van der Waals surface area contributed by atoms with E-state index in [1.54, 1.807) is 0 Å². The van der Waals surface area contributed by atoms with Crippen LogP contribution in [0.4, 0.5) is 5.69 Å². The van der Waals surface area contributed by atoms with Gasteiger partial charge in [0.05, 0.1) is 0 Å². The Bertz CT molecular complexity index is 606. The summed E-state index contributed by atoms with van der Waals surface area (Å²) < 4.78 is 0. The van der Waals surface area contributed by atoms with Crippen LogP contribution in [-0.4, -0.2) is 18.1 Å². The van der Waals surface area contributed by atoms with Crippen molar-refractivity contribution in [1.29, 1.82) is 0 Å². The van der Waals surface area contributed by atoms with Gasteiger partial charge in [0.25, 0.3) is 0 Å². The number of rotatable bonds is 1. The highest BCUT2D eigenvalue weighted by Gasteiger charge is 2.33. The van der Waals surface area contributed by atoms with Gasteiger partial charge in [-0.1, -0.05) is 6.57 Å². The number of hydrogen-bond acceptors (Lipinski definition) is 2. The maximum atomic E-state index is 7.44. The Balaban J connectivity index is 2.72. The molecule has 0 N–H and O–H groups in total. The third kappa shape index (κ3) is 1.87. The van der Waals surface area contributed by atoms with E-state index in [2.05, 4.69) is 56.2 Å². The summed E-state index contributed by atoms with van der Waals surface area (Å²) in [4.78, 5) is 7.96. The lowest BCUT2D eigenvalue weighted by Gasteiger charge is -2.29. The van der Waals surface area contributed by atoms with Crippen LogP contribution < -0.4 is 4.90 Å². The second-order valence-electron chi connectivity index (χ2n) is 5.74. The van der Waals surface area contributed by atoms with Crippen molar-refractivity contribution in [2.45, 2.75) is 47.7 Å². The van der Waals surface area contributed by atoms with Crippen molar-refractivity contribution in [1.82, 2.24) is 4.90 Å². The zero-order chi connectivity index (χ0) is 15.2. The number of hydrogen-bond donors (Lipinski definition) is 0. The molecule has 0 spiro atoms. The zero-order valence-corrected chi connectivity index (χ0v) is 13.5. The van der Waals surface area contributed by atoms with Crippen molar-refractivity contribution in [3.05, 3.63) is 51.3 Å². The Labute approximate surface area is 122 Å². The Morgan fingerprint density at radius 2 is 1.40 bits per heavy atom. The molecule has 0 saturated heterocycles. The second-order valence-corrected chi connectivity index (χ2v) is 5.74. The van der Waals surface area contributed by atoms with Gasteiger partial charge in [-0.2, -0.15) is 0 Å². The zero-order valence-electron chi connectivity index (χ0n) is 13.5. The van der Waals surface area contributed by atoms with Crippen LogP contribution in [-0.2, 0) is 0 Å². The SMILES string of the molecule is [C-]#[N+]C1=CN(C)[C@H](C)N1c1c(C)c(C)c(C)c(C)c1C. The smallest absolute Gasteiger partial charge is 0.247 e. The summed E-state index contributed by atoms with van der Waals surface area (Å²) in [7, 11) is 2.02. The molecule has 0 aromatic heterocycles. The molecule has 20 heavy (non-hydrogen) atoms. The Hall–Kier alpha value is -1.95. The molecule has 3 nitrogen and oxygen atoms in total. The van der Waals surface area contributed by atoms with Gasteiger partial charge in [-0.05, 0) is 69.4 Å². The maximum absolute atomic E-state index is 7.44. The van der Waals surface area contributed by atoms with E-state index in [-0.39, 0.29) is 6.17 Å². The molecule has 0 saturated carbocycles. The molecule has 1 atom stereocenters. The van der Waals surface area contributed by atoms with E-state index in [0.717, 1.165) is 0 Å². The fraction of sp³-hybridized carbons (Fsp3) is 0.471. The average molecular weight is 269 g/mol. The lowest BCUT2D eigenvalue weighted by molar-refractivity contribution is 0.382. The minimum absolute atomic E-state index is 0.179. The van der Waals surface area contributed by atoms with Crippen molar-refractivity contribution in [2.24, 2.45) is 0 Å². The van der Waals surface area contributed by atoms with E-state index in [4.69, 9.17) is 6.57 Å². The monoisotopic (exact) mass is 269 g/mol. The van der Waals surface area contributed by atoms with Crippen LogP contribution in [0, 0.1) is 41.2 Å². The Kier molecular flexibility index (Phi) is 3.52. The van der Waals surface area contributed by atoms with Gasteiger partial charge in [0, 0.05) is 13.2 Å². The van der Waals surface area contributed by atoms with Crippen LogP contribution >= 0.6 is 0 Å². The van der Waals surface area contributed by atoms with Crippen LogP contribution in [0.5, 0.6) is 0 Å². The van der Waals surface area contributed by atoms with Crippen molar-refractivity contribution in [2.75, 3.05) is 11.9 Å². The first-order valence-electron chi connectivity index (χ1n) is 6.98. The summed E-state index contributed by atoms with van der Waals surface area (Å²) >= 11 is 0. The molecule has 1 aliphatic rings. The van der Waals surface area contributed by atoms with Gasteiger partial charge in [-0.3, -0.25) is 4.90 Å². The molecular formula is C17H23N3.